The number of nitrogens with zero attached hydrogens (tertiary/aromatic N) is 3. The Hall–Kier alpha value is -3.44. The highest BCUT2D eigenvalue weighted by Gasteiger charge is 2.24. The van der Waals surface area contributed by atoms with Crippen molar-refractivity contribution in [3.05, 3.63) is 58.6 Å². The maximum Gasteiger partial charge on any atom is 0.263 e. The minimum Gasteiger partial charge on any atom is -0.493 e. The van der Waals surface area contributed by atoms with E-state index in [1.807, 2.05) is 18.2 Å². The van der Waals surface area contributed by atoms with E-state index in [0.29, 0.717) is 41.8 Å². The van der Waals surface area contributed by atoms with Crippen LogP contribution in [0, 0.1) is 6.92 Å². The van der Waals surface area contributed by atoms with Gasteiger partial charge in [-0.3, -0.25) is 9.52 Å². The number of aromatic nitrogens is 2. The number of carbonyl (C=O) groups is 1. The summed E-state index contributed by atoms with van der Waals surface area (Å²) in [6.07, 6.45) is 6.68. The molecule has 2 heterocycles. The molecular weight excluding hydrogens is 512 g/mol. The Morgan fingerprint density at radius 2 is 2.03 bits per heavy atom. The van der Waals surface area contributed by atoms with Crippen molar-refractivity contribution < 1.29 is 22.7 Å². The van der Waals surface area contributed by atoms with Crippen LogP contribution in [0.1, 0.15) is 42.3 Å². The van der Waals surface area contributed by atoms with Crippen LogP contribution < -0.4 is 19.1 Å². The van der Waals surface area contributed by atoms with Gasteiger partial charge in [-0.05, 0) is 73.7 Å². The predicted octanol–water partition coefficient (Wildman–Crippen LogP) is 4.83. The molecule has 0 atom stereocenters. The Bertz CT molecular complexity index is 1400. The van der Waals surface area contributed by atoms with Gasteiger partial charge in [-0.15, -0.1) is 10.2 Å². The number of aryl methyl sites for hydroxylation is 2. The molecule has 196 valence electrons. The first-order valence-corrected chi connectivity index (χ1v) is 14.4. The van der Waals surface area contributed by atoms with Crippen LogP contribution in [0.2, 0.25) is 0 Å². The van der Waals surface area contributed by atoms with Gasteiger partial charge in [0.2, 0.25) is 5.13 Å². The summed E-state index contributed by atoms with van der Waals surface area (Å²) in [5.74, 6) is 1.10. The smallest absolute Gasteiger partial charge is 0.263 e. The molecule has 0 bridgehead atoms. The van der Waals surface area contributed by atoms with Crippen molar-refractivity contribution in [1.29, 1.82) is 0 Å². The zero-order chi connectivity index (χ0) is 26.4. The number of carbonyl (C=O) groups excluding carboxylic acids is 1. The van der Waals surface area contributed by atoms with Crippen molar-refractivity contribution >= 4 is 44.2 Å². The third kappa shape index (κ3) is 6.47. The molecule has 1 aliphatic heterocycles. The lowest BCUT2D eigenvalue weighted by Crippen LogP contribution is -2.34. The van der Waals surface area contributed by atoms with Crippen molar-refractivity contribution in [2.45, 2.75) is 44.4 Å². The Balaban J connectivity index is 1.49. The van der Waals surface area contributed by atoms with Crippen LogP contribution in [0.3, 0.4) is 0 Å². The molecule has 2 aromatic carbocycles. The zero-order valence-electron chi connectivity index (χ0n) is 21.1. The lowest BCUT2D eigenvalue weighted by atomic mass is 10.0. The van der Waals surface area contributed by atoms with Gasteiger partial charge in [0, 0.05) is 18.3 Å². The first-order valence-electron chi connectivity index (χ1n) is 12.1. The lowest BCUT2D eigenvalue weighted by molar-refractivity contribution is -0.114. The molecule has 0 saturated heterocycles. The summed E-state index contributed by atoms with van der Waals surface area (Å²) < 4.78 is 39.4. The maximum atomic E-state index is 13.1. The van der Waals surface area contributed by atoms with E-state index in [-0.39, 0.29) is 15.9 Å². The van der Waals surface area contributed by atoms with Crippen molar-refractivity contribution in [1.82, 2.24) is 10.2 Å². The van der Waals surface area contributed by atoms with Gasteiger partial charge < -0.3 is 14.4 Å². The summed E-state index contributed by atoms with van der Waals surface area (Å²) in [6, 6.07) is 10.4. The predicted molar refractivity (Wildman–Crippen MR) is 145 cm³/mol. The number of methoxy groups -OCH3 is 1. The van der Waals surface area contributed by atoms with Crippen LogP contribution in [-0.2, 0) is 21.2 Å². The third-order valence-electron chi connectivity index (χ3n) is 5.86. The van der Waals surface area contributed by atoms with Crippen molar-refractivity contribution in [2.75, 3.05) is 29.9 Å². The standard InChI is InChI=1S/C26H30N4O5S2/c1-4-5-15-35-23-12-8-19(16-24(23)34-3)9-13-25(31)30-14-6-7-20-17-21(10-11-22(20)30)37(32,33)29-26-28-27-18(2)36-26/h8-13,16-17H,4-7,14-15H2,1-3H3,(H,28,29)/b13-9+. The minimum absolute atomic E-state index is 0.122. The average molecular weight is 543 g/mol. The number of amides is 1. The SMILES string of the molecule is CCCCOc1ccc(/C=C/C(=O)N2CCCc3cc(S(=O)(=O)Nc4nnc(C)s4)ccc32)cc1OC. The number of fused-ring (bicyclic) bond motifs is 1. The molecular formula is C26H30N4O5S2. The van der Waals surface area contributed by atoms with Crippen molar-refractivity contribution in [3.63, 3.8) is 0 Å². The Labute approximate surface area is 221 Å². The fourth-order valence-corrected chi connectivity index (χ4v) is 5.84. The van der Waals surface area contributed by atoms with Gasteiger partial charge in [0.25, 0.3) is 15.9 Å². The summed E-state index contributed by atoms with van der Waals surface area (Å²) in [7, 11) is -2.23. The van der Waals surface area contributed by atoms with E-state index < -0.39 is 10.0 Å². The highest BCUT2D eigenvalue weighted by molar-refractivity contribution is 7.93. The second kappa shape index (κ2) is 11.7. The molecule has 0 fully saturated rings. The quantitative estimate of drug-likeness (QED) is 0.289. The number of sulfonamides is 1. The summed E-state index contributed by atoms with van der Waals surface area (Å²) in [5.41, 5.74) is 2.33. The maximum absolute atomic E-state index is 13.1. The van der Waals surface area contributed by atoms with E-state index >= 15 is 0 Å². The molecule has 0 radical (unpaired) electrons. The number of rotatable bonds is 10. The molecule has 4 rings (SSSR count). The zero-order valence-corrected chi connectivity index (χ0v) is 22.7. The Morgan fingerprint density at radius 3 is 2.76 bits per heavy atom. The largest absolute Gasteiger partial charge is 0.493 e. The molecule has 37 heavy (non-hydrogen) atoms. The molecule has 1 aromatic heterocycles. The number of nitrogens with one attached hydrogen (secondary N) is 1. The number of anilines is 2. The first kappa shape index (κ1) is 26.6. The van der Waals surface area contributed by atoms with Gasteiger partial charge in [0.1, 0.15) is 5.01 Å². The summed E-state index contributed by atoms with van der Waals surface area (Å²) >= 11 is 1.17. The Kier molecular flexibility index (Phi) is 8.45. The normalized spacial score (nSPS) is 13.4. The van der Waals surface area contributed by atoms with Gasteiger partial charge in [0.15, 0.2) is 11.5 Å². The van der Waals surface area contributed by atoms with E-state index in [4.69, 9.17) is 9.47 Å². The summed E-state index contributed by atoms with van der Waals surface area (Å²) in [4.78, 5) is 14.9. The van der Waals surface area contributed by atoms with Crippen LogP contribution in [0.25, 0.3) is 6.08 Å². The van der Waals surface area contributed by atoms with E-state index in [9.17, 15) is 13.2 Å². The lowest BCUT2D eigenvalue weighted by Gasteiger charge is -2.29. The van der Waals surface area contributed by atoms with Gasteiger partial charge in [0.05, 0.1) is 18.6 Å². The van der Waals surface area contributed by atoms with E-state index in [0.717, 1.165) is 30.4 Å². The number of unbranched alkanes of at least 4 members (excludes halogenated alkanes) is 1. The fraction of sp³-hybridized carbons (Fsp3) is 0.346. The molecule has 1 aliphatic rings. The third-order valence-corrected chi connectivity index (χ3v) is 8.08. The van der Waals surface area contributed by atoms with Gasteiger partial charge >= 0.3 is 0 Å². The average Bonchev–Trinajstić information content (AvgIpc) is 3.30. The first-order chi connectivity index (χ1) is 17.8. The molecule has 11 heteroatoms. The molecule has 0 spiro atoms. The van der Waals surface area contributed by atoms with Crippen LogP contribution in [0.4, 0.5) is 10.8 Å². The van der Waals surface area contributed by atoms with Crippen LogP contribution >= 0.6 is 11.3 Å². The highest BCUT2D eigenvalue weighted by Crippen LogP contribution is 2.32. The van der Waals surface area contributed by atoms with Gasteiger partial charge in [-0.1, -0.05) is 30.7 Å². The second-order valence-electron chi connectivity index (χ2n) is 8.56. The van der Waals surface area contributed by atoms with Crippen LogP contribution in [0.5, 0.6) is 11.5 Å². The fourth-order valence-electron chi connectivity index (χ4n) is 3.97. The van der Waals surface area contributed by atoms with Crippen LogP contribution in [0.15, 0.2) is 47.4 Å². The van der Waals surface area contributed by atoms with Gasteiger partial charge in [-0.25, -0.2) is 8.42 Å². The molecule has 1 N–H and O–H groups in total. The monoisotopic (exact) mass is 542 g/mol. The van der Waals surface area contributed by atoms with Crippen LogP contribution in [-0.4, -0.2) is 44.8 Å². The topological polar surface area (TPSA) is 111 Å². The number of hydrogen-bond donors (Lipinski definition) is 1. The van der Waals surface area contributed by atoms with E-state index in [2.05, 4.69) is 21.8 Å². The molecule has 1 amide bonds. The number of benzene rings is 2. The van der Waals surface area contributed by atoms with Crippen molar-refractivity contribution in [3.8, 4) is 11.5 Å². The molecule has 0 aliphatic carbocycles. The molecule has 0 saturated carbocycles. The highest BCUT2D eigenvalue weighted by atomic mass is 32.2. The van der Waals surface area contributed by atoms with E-state index in [1.54, 1.807) is 37.1 Å². The Morgan fingerprint density at radius 1 is 1.19 bits per heavy atom. The van der Waals surface area contributed by atoms with Crippen molar-refractivity contribution in [2.24, 2.45) is 0 Å². The molecule has 9 nitrogen and oxygen atoms in total. The summed E-state index contributed by atoms with van der Waals surface area (Å²) in [5, 5.41) is 8.55. The molecule has 3 aromatic rings. The number of ether oxygens (including phenoxy) is 2. The molecule has 0 unspecified atom stereocenters. The van der Waals surface area contributed by atoms with Gasteiger partial charge in [-0.2, -0.15) is 0 Å². The van der Waals surface area contributed by atoms with E-state index in [1.165, 1.54) is 23.5 Å². The summed E-state index contributed by atoms with van der Waals surface area (Å²) in [6.45, 7) is 5.03. The minimum atomic E-state index is -3.82. The number of hydrogen-bond acceptors (Lipinski definition) is 8. The second-order valence-corrected chi connectivity index (χ2v) is 11.4.